The van der Waals surface area contributed by atoms with Crippen molar-refractivity contribution in [2.75, 3.05) is 5.32 Å². The number of halogens is 1. The molecule has 0 saturated heterocycles. The van der Waals surface area contributed by atoms with Crippen molar-refractivity contribution in [3.63, 3.8) is 0 Å². The highest BCUT2D eigenvalue weighted by Crippen LogP contribution is 2.34. The van der Waals surface area contributed by atoms with Crippen LogP contribution in [-0.2, 0) is 0 Å². The van der Waals surface area contributed by atoms with Gasteiger partial charge in [0.1, 0.15) is 5.69 Å². The van der Waals surface area contributed by atoms with E-state index in [1.165, 1.54) is 0 Å². The third kappa shape index (κ3) is 3.41. The van der Waals surface area contributed by atoms with Crippen molar-refractivity contribution in [2.24, 2.45) is 0 Å². The summed E-state index contributed by atoms with van der Waals surface area (Å²) in [4.78, 5) is 28.3. The van der Waals surface area contributed by atoms with Crippen LogP contribution >= 0.6 is 15.9 Å². The maximum absolute atomic E-state index is 12.8. The van der Waals surface area contributed by atoms with Crippen LogP contribution < -0.4 is 10.9 Å². The van der Waals surface area contributed by atoms with Crippen molar-refractivity contribution in [2.45, 2.75) is 0 Å². The predicted molar refractivity (Wildman–Crippen MR) is 112 cm³/mol. The second kappa shape index (κ2) is 7.21. The Morgan fingerprint density at radius 3 is 2.26 bits per heavy atom. The van der Waals surface area contributed by atoms with Crippen LogP contribution in [0.3, 0.4) is 0 Å². The van der Waals surface area contributed by atoms with Crippen molar-refractivity contribution in [1.29, 1.82) is 0 Å². The summed E-state index contributed by atoms with van der Waals surface area (Å²) < 4.78 is 0.888. The summed E-state index contributed by atoms with van der Waals surface area (Å²) in [6.07, 6.45) is 0. The molecule has 2 N–H and O–H groups in total. The Morgan fingerprint density at radius 1 is 0.889 bits per heavy atom. The fourth-order valence-electron chi connectivity index (χ4n) is 3.06. The molecule has 4 nitrogen and oxygen atoms in total. The normalized spacial score (nSPS) is 10.7. The van der Waals surface area contributed by atoms with Gasteiger partial charge in [0.05, 0.1) is 0 Å². The van der Waals surface area contributed by atoms with Crippen LogP contribution in [0.15, 0.2) is 88.1 Å². The molecule has 0 spiro atoms. The molecule has 0 aliphatic heterocycles. The van der Waals surface area contributed by atoms with E-state index in [-0.39, 0.29) is 17.2 Å². The van der Waals surface area contributed by atoms with Gasteiger partial charge in [-0.2, -0.15) is 0 Å². The highest BCUT2D eigenvalue weighted by atomic mass is 79.9. The Morgan fingerprint density at radius 2 is 1.56 bits per heavy atom. The topological polar surface area (TPSA) is 62.0 Å². The van der Waals surface area contributed by atoms with Crippen molar-refractivity contribution in [3.8, 4) is 11.1 Å². The number of anilines is 1. The largest absolute Gasteiger partial charge is 0.320 e. The first-order valence-corrected chi connectivity index (χ1v) is 9.20. The van der Waals surface area contributed by atoms with E-state index >= 15 is 0 Å². The van der Waals surface area contributed by atoms with Gasteiger partial charge in [0.2, 0.25) is 0 Å². The van der Waals surface area contributed by atoms with Gasteiger partial charge < -0.3 is 10.3 Å². The minimum absolute atomic E-state index is 0.237. The van der Waals surface area contributed by atoms with Gasteiger partial charge in [-0.15, -0.1) is 0 Å². The molecule has 0 radical (unpaired) electrons. The molecule has 132 valence electrons. The number of nitrogens with one attached hydrogen (secondary N) is 2. The summed E-state index contributed by atoms with van der Waals surface area (Å²) in [5, 5.41) is 3.65. The number of benzene rings is 3. The average Bonchev–Trinajstić information content (AvgIpc) is 2.70. The lowest BCUT2D eigenvalue weighted by Crippen LogP contribution is -2.21. The van der Waals surface area contributed by atoms with Crippen molar-refractivity contribution in [1.82, 2.24) is 4.98 Å². The molecule has 0 atom stereocenters. The van der Waals surface area contributed by atoms with Gasteiger partial charge in [-0.05, 0) is 35.9 Å². The second-order valence-electron chi connectivity index (χ2n) is 6.08. The van der Waals surface area contributed by atoms with Gasteiger partial charge in [-0.1, -0.05) is 64.5 Å². The maximum atomic E-state index is 12.8. The fourth-order valence-corrected chi connectivity index (χ4v) is 3.43. The number of carbonyl (C=O) groups is 1. The number of aromatic nitrogens is 1. The molecule has 1 aromatic heterocycles. The molecule has 0 unspecified atom stereocenters. The number of aromatic amines is 1. The number of amides is 1. The van der Waals surface area contributed by atoms with E-state index in [0.29, 0.717) is 16.6 Å². The lowest BCUT2D eigenvalue weighted by molar-refractivity contribution is 0.102. The summed E-state index contributed by atoms with van der Waals surface area (Å²) in [6.45, 7) is 0. The van der Waals surface area contributed by atoms with Gasteiger partial charge >= 0.3 is 0 Å². The van der Waals surface area contributed by atoms with E-state index in [1.807, 2.05) is 54.6 Å². The molecule has 5 heteroatoms. The third-order valence-corrected chi connectivity index (χ3v) is 4.81. The average molecular weight is 419 g/mol. The molecule has 1 amide bonds. The molecule has 4 rings (SSSR count). The van der Waals surface area contributed by atoms with E-state index in [4.69, 9.17) is 0 Å². The van der Waals surface area contributed by atoms with Crippen LogP contribution in [0.25, 0.3) is 22.0 Å². The SMILES string of the molecule is O=C(Nc1c(-c2ccccc2)c2cc(Br)ccc2[nH]c1=O)c1ccccc1. The lowest BCUT2D eigenvalue weighted by atomic mass is 9.99. The number of carbonyl (C=O) groups excluding carboxylic acids is 1. The van der Waals surface area contributed by atoms with Crippen molar-refractivity contribution < 1.29 is 4.79 Å². The first-order valence-electron chi connectivity index (χ1n) is 8.41. The Balaban J connectivity index is 1.95. The summed E-state index contributed by atoms with van der Waals surface area (Å²) in [5.41, 5.74) is 2.65. The van der Waals surface area contributed by atoms with Gasteiger partial charge in [-0.25, -0.2) is 0 Å². The molecule has 0 saturated carbocycles. The molecule has 3 aromatic carbocycles. The molecule has 1 heterocycles. The minimum Gasteiger partial charge on any atom is -0.320 e. The molecule has 0 aliphatic carbocycles. The van der Waals surface area contributed by atoms with E-state index < -0.39 is 0 Å². The van der Waals surface area contributed by atoms with Gasteiger partial charge in [0.25, 0.3) is 11.5 Å². The van der Waals surface area contributed by atoms with Gasteiger partial charge in [0.15, 0.2) is 0 Å². The number of pyridine rings is 1. The Bertz CT molecular complexity index is 1190. The fraction of sp³-hybridized carbons (Fsp3) is 0. The Hall–Kier alpha value is -3.18. The maximum Gasteiger partial charge on any atom is 0.272 e. The molecule has 0 aliphatic rings. The Labute approximate surface area is 164 Å². The number of hydrogen-bond acceptors (Lipinski definition) is 2. The number of fused-ring (bicyclic) bond motifs is 1. The van der Waals surface area contributed by atoms with Crippen LogP contribution in [0.2, 0.25) is 0 Å². The quantitative estimate of drug-likeness (QED) is 0.479. The molecule has 4 aromatic rings. The number of hydrogen-bond donors (Lipinski definition) is 2. The minimum atomic E-state index is -0.340. The third-order valence-electron chi connectivity index (χ3n) is 4.31. The smallest absolute Gasteiger partial charge is 0.272 e. The molecule has 0 fully saturated rings. The Kier molecular flexibility index (Phi) is 4.60. The van der Waals surface area contributed by atoms with Crippen LogP contribution in [-0.4, -0.2) is 10.9 Å². The van der Waals surface area contributed by atoms with Crippen LogP contribution in [0.5, 0.6) is 0 Å². The first kappa shape index (κ1) is 17.2. The molecule has 0 bridgehead atoms. The lowest BCUT2D eigenvalue weighted by Gasteiger charge is -2.14. The standard InChI is InChI=1S/C22H15BrN2O2/c23-16-11-12-18-17(13-16)19(14-7-3-1-4-8-14)20(22(27)24-18)25-21(26)15-9-5-2-6-10-15/h1-13H,(H,24,27)(H,25,26). The predicted octanol–water partition coefficient (Wildman–Crippen LogP) is 5.21. The molecular formula is C22H15BrN2O2. The molecular weight excluding hydrogens is 404 g/mol. The number of H-pyrrole nitrogens is 1. The highest BCUT2D eigenvalue weighted by molar-refractivity contribution is 9.10. The summed E-state index contributed by atoms with van der Waals surface area (Å²) in [6, 6.07) is 24.1. The summed E-state index contributed by atoms with van der Waals surface area (Å²) in [5.74, 6) is -0.326. The zero-order valence-electron chi connectivity index (χ0n) is 14.2. The summed E-state index contributed by atoms with van der Waals surface area (Å²) >= 11 is 3.49. The van der Waals surface area contributed by atoms with E-state index in [1.54, 1.807) is 24.3 Å². The van der Waals surface area contributed by atoms with E-state index in [0.717, 1.165) is 15.4 Å². The highest BCUT2D eigenvalue weighted by Gasteiger charge is 2.17. The van der Waals surface area contributed by atoms with E-state index in [9.17, 15) is 9.59 Å². The van der Waals surface area contributed by atoms with Crippen LogP contribution in [0, 0.1) is 0 Å². The zero-order valence-corrected chi connectivity index (χ0v) is 15.8. The van der Waals surface area contributed by atoms with Gasteiger partial charge in [0, 0.05) is 26.5 Å². The van der Waals surface area contributed by atoms with Crippen molar-refractivity contribution >= 4 is 38.4 Å². The monoisotopic (exact) mass is 418 g/mol. The zero-order chi connectivity index (χ0) is 18.8. The van der Waals surface area contributed by atoms with Crippen LogP contribution in [0.1, 0.15) is 10.4 Å². The molecule has 27 heavy (non-hydrogen) atoms. The van der Waals surface area contributed by atoms with E-state index in [2.05, 4.69) is 26.2 Å². The number of rotatable bonds is 3. The second-order valence-corrected chi connectivity index (χ2v) is 7.00. The van der Waals surface area contributed by atoms with Crippen LogP contribution in [0.4, 0.5) is 5.69 Å². The van der Waals surface area contributed by atoms with Crippen molar-refractivity contribution in [3.05, 3.63) is 99.3 Å². The van der Waals surface area contributed by atoms with Gasteiger partial charge in [-0.3, -0.25) is 9.59 Å². The first-order chi connectivity index (χ1) is 13.1. The summed E-state index contributed by atoms with van der Waals surface area (Å²) in [7, 11) is 0.